The van der Waals surface area contributed by atoms with Crippen molar-refractivity contribution in [3.05, 3.63) is 95.8 Å². The molecule has 0 aliphatic rings. The molecule has 13 nitrogen and oxygen atoms in total. The van der Waals surface area contributed by atoms with Gasteiger partial charge in [-0.1, -0.05) is 82.1 Å². The molecule has 0 fully saturated rings. The number of carboxylic acid groups (broad SMARTS) is 1. The molecule has 3 rings (SSSR count). The summed E-state index contributed by atoms with van der Waals surface area (Å²) in [5.41, 5.74) is 8.25. The Morgan fingerprint density at radius 2 is 1.38 bits per heavy atom. The van der Waals surface area contributed by atoms with Gasteiger partial charge < -0.3 is 36.8 Å². The summed E-state index contributed by atoms with van der Waals surface area (Å²) < 4.78 is 0. The van der Waals surface area contributed by atoms with Gasteiger partial charge in [-0.25, -0.2) is 4.79 Å². The first-order valence-electron chi connectivity index (χ1n) is 17.7. The number of aromatic hydroxyl groups is 1. The zero-order chi connectivity index (χ0) is 38.2. The van der Waals surface area contributed by atoms with E-state index in [1.807, 2.05) is 51.1 Å². The highest BCUT2D eigenvalue weighted by Gasteiger charge is 2.35. The van der Waals surface area contributed by atoms with Crippen molar-refractivity contribution in [1.29, 1.82) is 0 Å². The van der Waals surface area contributed by atoms with Gasteiger partial charge in [0.2, 0.25) is 23.6 Å². The number of phenols is 1. The Labute approximate surface area is 305 Å². The van der Waals surface area contributed by atoms with Crippen molar-refractivity contribution in [2.75, 3.05) is 7.05 Å². The summed E-state index contributed by atoms with van der Waals surface area (Å²) in [5.74, 6) is -3.51. The van der Waals surface area contributed by atoms with Crippen LogP contribution in [-0.2, 0) is 43.2 Å². The van der Waals surface area contributed by atoms with Gasteiger partial charge in [0.25, 0.3) is 0 Å². The fourth-order valence-electron chi connectivity index (χ4n) is 5.74. The Hall–Kier alpha value is -5.30. The lowest BCUT2D eigenvalue weighted by Gasteiger charge is -2.33. The van der Waals surface area contributed by atoms with E-state index in [0.717, 1.165) is 17.5 Å². The van der Waals surface area contributed by atoms with Crippen LogP contribution in [0.4, 0.5) is 0 Å². The molecule has 0 aliphatic carbocycles. The molecule has 0 aliphatic heterocycles. The number of carboxylic acids is 1. The maximum Gasteiger partial charge on any atom is 0.326 e. The molecule has 0 spiro atoms. The first kappa shape index (κ1) is 41.1. The average Bonchev–Trinajstić information content (AvgIpc) is 3.12. The van der Waals surface area contributed by atoms with Crippen LogP contribution in [0, 0.1) is 5.92 Å². The van der Waals surface area contributed by atoms with Crippen LogP contribution in [0.1, 0.15) is 63.3 Å². The minimum atomic E-state index is -1.28. The predicted molar refractivity (Wildman–Crippen MR) is 197 cm³/mol. The lowest BCUT2D eigenvalue weighted by Crippen LogP contribution is -2.59. The monoisotopic (exact) mass is 716 g/mol. The number of pyridine rings is 1. The number of carbonyl (C=O) groups excluding carboxylic acids is 4. The molecule has 0 bridgehead atoms. The van der Waals surface area contributed by atoms with Gasteiger partial charge in [-0.15, -0.1) is 0 Å². The van der Waals surface area contributed by atoms with Gasteiger partial charge in [0.1, 0.15) is 29.9 Å². The normalized spacial score (nSPS) is 14.0. The molecule has 4 amide bonds. The van der Waals surface area contributed by atoms with E-state index in [4.69, 9.17) is 5.73 Å². The highest BCUT2D eigenvalue weighted by molar-refractivity contribution is 5.95. The number of aliphatic carboxylic acids is 1. The van der Waals surface area contributed by atoms with E-state index < -0.39 is 59.8 Å². The second-order valence-electron chi connectivity index (χ2n) is 13.5. The summed E-state index contributed by atoms with van der Waals surface area (Å²) in [6.45, 7) is 5.74. The van der Waals surface area contributed by atoms with Gasteiger partial charge in [0, 0.05) is 31.8 Å². The highest BCUT2D eigenvalue weighted by Crippen LogP contribution is 2.16. The minimum Gasteiger partial charge on any atom is -0.508 e. The van der Waals surface area contributed by atoms with E-state index >= 15 is 0 Å². The topological polar surface area (TPSA) is 204 Å². The molecule has 3 aromatic rings. The summed E-state index contributed by atoms with van der Waals surface area (Å²) in [6, 6.07) is 15.1. The van der Waals surface area contributed by atoms with E-state index in [0.29, 0.717) is 12.1 Å². The zero-order valence-electron chi connectivity index (χ0n) is 30.3. The molecule has 0 unspecified atom stereocenters. The van der Waals surface area contributed by atoms with Gasteiger partial charge in [-0.3, -0.25) is 24.2 Å². The maximum absolute atomic E-state index is 14.2. The van der Waals surface area contributed by atoms with Gasteiger partial charge in [0.05, 0.1) is 6.04 Å². The molecule has 2 aromatic carbocycles. The van der Waals surface area contributed by atoms with Gasteiger partial charge in [0.15, 0.2) is 0 Å². The molecule has 52 heavy (non-hydrogen) atoms. The Kier molecular flexibility index (Phi) is 16.2. The van der Waals surface area contributed by atoms with Crippen LogP contribution in [0.25, 0.3) is 0 Å². The van der Waals surface area contributed by atoms with Crippen molar-refractivity contribution in [2.24, 2.45) is 11.7 Å². The first-order valence-corrected chi connectivity index (χ1v) is 17.7. The zero-order valence-corrected chi connectivity index (χ0v) is 30.3. The Balaban J connectivity index is 1.82. The van der Waals surface area contributed by atoms with E-state index in [9.17, 15) is 34.2 Å². The van der Waals surface area contributed by atoms with Crippen LogP contribution in [0.15, 0.2) is 79.0 Å². The number of carbonyl (C=O) groups is 5. The standard InChI is InChI=1S/C39H52N6O7/c1-5-6-15-31(36(48)44-33(39(51)52)24-28-14-10-11-20-41-28)42-37(49)34(21-25(2)3)45(4)38(50)32(23-26-12-8-7-9-13-26)43-35(47)30(40)22-27-16-18-29(46)19-17-27/h7-14,16-20,25,30-34,46H,5-6,15,21-24,40H2,1-4H3,(H,42,49)(H,43,47)(H,44,48)(H,51,52)/t30-,31-,32-,33-,34-/m0/s1. The largest absolute Gasteiger partial charge is 0.508 e. The maximum atomic E-state index is 14.2. The Bertz CT molecular complexity index is 1600. The summed E-state index contributed by atoms with van der Waals surface area (Å²) in [6.07, 6.45) is 3.59. The summed E-state index contributed by atoms with van der Waals surface area (Å²) in [7, 11) is 1.49. The predicted octanol–water partition coefficient (Wildman–Crippen LogP) is 2.74. The molecule has 0 saturated carbocycles. The van der Waals surface area contributed by atoms with Crippen LogP contribution < -0.4 is 21.7 Å². The van der Waals surface area contributed by atoms with E-state index in [2.05, 4.69) is 20.9 Å². The molecule has 13 heteroatoms. The SMILES string of the molecule is CCCC[C@H](NC(=O)[C@H](CC(C)C)N(C)C(=O)[C@H](Cc1ccccc1)NC(=O)[C@@H](N)Cc1ccc(O)cc1)C(=O)N[C@@H](Cc1ccccn1)C(=O)O. The van der Waals surface area contributed by atoms with Crippen molar-refractivity contribution in [3.63, 3.8) is 0 Å². The van der Waals surface area contributed by atoms with Crippen LogP contribution in [0.3, 0.4) is 0 Å². The van der Waals surface area contributed by atoms with E-state index in [1.165, 1.54) is 30.3 Å². The van der Waals surface area contributed by atoms with Gasteiger partial charge in [-0.2, -0.15) is 0 Å². The Morgan fingerprint density at radius 1 is 0.769 bits per heavy atom. The number of amides is 4. The fourth-order valence-corrected chi connectivity index (χ4v) is 5.74. The lowest BCUT2D eigenvalue weighted by atomic mass is 9.98. The van der Waals surface area contributed by atoms with E-state index in [1.54, 1.807) is 30.3 Å². The van der Waals surface area contributed by atoms with Gasteiger partial charge in [-0.05, 0) is 60.6 Å². The summed E-state index contributed by atoms with van der Waals surface area (Å²) >= 11 is 0. The lowest BCUT2D eigenvalue weighted by molar-refractivity contribution is -0.144. The van der Waals surface area contributed by atoms with Crippen LogP contribution >= 0.6 is 0 Å². The second kappa shape index (κ2) is 20.5. The molecular formula is C39H52N6O7. The quantitative estimate of drug-likeness (QED) is 0.102. The molecule has 0 radical (unpaired) electrons. The number of phenolic OH excluding ortho intramolecular Hbond substituents is 1. The Morgan fingerprint density at radius 3 is 1.98 bits per heavy atom. The van der Waals surface area contributed by atoms with Crippen LogP contribution in [-0.4, -0.2) is 87.0 Å². The third-order valence-electron chi connectivity index (χ3n) is 8.67. The third-order valence-corrected chi connectivity index (χ3v) is 8.67. The van der Waals surface area contributed by atoms with Crippen LogP contribution in [0.5, 0.6) is 5.75 Å². The number of unbranched alkanes of at least 4 members (excludes halogenated alkanes) is 1. The number of nitrogens with two attached hydrogens (primary N) is 1. The number of likely N-dealkylation sites (N-methyl/N-ethyl adjacent to an activating group) is 1. The average molecular weight is 717 g/mol. The summed E-state index contributed by atoms with van der Waals surface area (Å²) in [4.78, 5) is 72.7. The molecular weight excluding hydrogens is 664 g/mol. The van der Waals surface area contributed by atoms with Crippen molar-refractivity contribution in [1.82, 2.24) is 25.8 Å². The number of benzene rings is 2. The number of hydrogen-bond acceptors (Lipinski definition) is 8. The second-order valence-corrected chi connectivity index (χ2v) is 13.5. The number of hydrogen-bond donors (Lipinski definition) is 6. The number of nitrogens with one attached hydrogen (secondary N) is 3. The highest BCUT2D eigenvalue weighted by atomic mass is 16.4. The molecule has 5 atom stereocenters. The fraction of sp³-hybridized carbons (Fsp3) is 0.436. The van der Waals surface area contributed by atoms with E-state index in [-0.39, 0.29) is 43.8 Å². The molecule has 1 aromatic heterocycles. The number of nitrogens with zero attached hydrogens (tertiary/aromatic N) is 2. The number of rotatable bonds is 20. The molecule has 7 N–H and O–H groups in total. The van der Waals surface area contributed by atoms with Gasteiger partial charge >= 0.3 is 5.97 Å². The molecule has 0 saturated heterocycles. The smallest absolute Gasteiger partial charge is 0.326 e. The minimum absolute atomic E-state index is 0.0374. The van der Waals surface area contributed by atoms with Crippen molar-refractivity contribution < 1.29 is 34.2 Å². The molecule has 1 heterocycles. The van der Waals surface area contributed by atoms with Crippen molar-refractivity contribution >= 4 is 29.6 Å². The first-order chi connectivity index (χ1) is 24.8. The van der Waals surface area contributed by atoms with Crippen molar-refractivity contribution in [2.45, 2.75) is 95.9 Å². The molecule has 280 valence electrons. The van der Waals surface area contributed by atoms with Crippen molar-refractivity contribution in [3.8, 4) is 5.75 Å². The van der Waals surface area contributed by atoms with Crippen LogP contribution in [0.2, 0.25) is 0 Å². The number of aromatic nitrogens is 1. The summed E-state index contributed by atoms with van der Waals surface area (Å²) in [5, 5.41) is 27.6. The third kappa shape index (κ3) is 13.1.